The van der Waals surface area contributed by atoms with E-state index in [9.17, 15) is 10.2 Å². The first-order valence-electron chi connectivity index (χ1n) is 9.24. The van der Waals surface area contributed by atoms with Crippen LogP contribution in [0.15, 0.2) is 42.5 Å². The van der Waals surface area contributed by atoms with Gasteiger partial charge in [0.1, 0.15) is 0 Å². The molecule has 1 saturated heterocycles. The molecule has 2 aromatic rings. The highest BCUT2D eigenvalue weighted by Crippen LogP contribution is 2.33. The number of aliphatic hydroxyl groups is 2. The van der Waals surface area contributed by atoms with Gasteiger partial charge in [0.25, 0.3) is 0 Å². The van der Waals surface area contributed by atoms with Crippen LogP contribution >= 0.6 is 0 Å². The van der Waals surface area contributed by atoms with E-state index in [1.807, 2.05) is 12.1 Å². The largest absolute Gasteiger partial charge is 0.394 e. The quantitative estimate of drug-likeness (QED) is 0.813. The van der Waals surface area contributed by atoms with E-state index in [2.05, 4.69) is 43.2 Å². The summed E-state index contributed by atoms with van der Waals surface area (Å²) < 4.78 is 5.97. The van der Waals surface area contributed by atoms with E-state index in [4.69, 9.17) is 11.2 Å². The Bertz CT molecular complexity index is 773. The Balaban J connectivity index is 1.85. The summed E-state index contributed by atoms with van der Waals surface area (Å²) in [5.41, 5.74) is 5.74. The summed E-state index contributed by atoms with van der Waals surface area (Å²) in [6, 6.07) is 14.5. The van der Waals surface area contributed by atoms with E-state index in [0.29, 0.717) is 12.8 Å². The van der Waals surface area contributed by atoms with Crippen molar-refractivity contribution in [2.24, 2.45) is 0 Å². The van der Waals surface area contributed by atoms with Crippen molar-refractivity contribution in [1.29, 1.82) is 0 Å². The lowest BCUT2D eigenvalue weighted by atomic mass is 9.91. The van der Waals surface area contributed by atoms with Crippen LogP contribution < -0.4 is 0 Å². The summed E-state index contributed by atoms with van der Waals surface area (Å²) in [4.78, 5) is 0. The van der Waals surface area contributed by atoms with Crippen LogP contribution in [0.4, 0.5) is 0 Å². The normalized spacial score (nSPS) is 22.8. The van der Waals surface area contributed by atoms with Gasteiger partial charge in [-0.25, -0.2) is 0 Å². The number of rotatable bonds is 5. The number of ether oxygens (including phenoxy) is 1. The van der Waals surface area contributed by atoms with Crippen molar-refractivity contribution in [3.05, 3.63) is 70.3 Å². The van der Waals surface area contributed by atoms with Gasteiger partial charge in [-0.3, -0.25) is 0 Å². The molecule has 1 heterocycles. The van der Waals surface area contributed by atoms with Gasteiger partial charge < -0.3 is 14.9 Å². The van der Waals surface area contributed by atoms with Crippen LogP contribution in [-0.4, -0.2) is 29.0 Å². The highest BCUT2D eigenvalue weighted by molar-refractivity contribution is 5.40. The average Bonchev–Trinajstić information content (AvgIpc) is 2.68. The summed E-state index contributed by atoms with van der Waals surface area (Å²) in [5.74, 6) is 2.65. The van der Waals surface area contributed by atoms with Gasteiger partial charge in [-0.2, -0.15) is 0 Å². The fourth-order valence-electron chi connectivity index (χ4n) is 3.62. The first-order valence-corrected chi connectivity index (χ1v) is 9.24. The molecule has 1 aliphatic heterocycles. The zero-order valence-electron chi connectivity index (χ0n) is 15.2. The Morgan fingerprint density at radius 3 is 2.54 bits per heavy atom. The van der Waals surface area contributed by atoms with E-state index < -0.39 is 6.10 Å². The molecule has 0 aliphatic carbocycles. The molecule has 0 spiro atoms. The van der Waals surface area contributed by atoms with Crippen LogP contribution in [-0.2, 0) is 17.6 Å². The van der Waals surface area contributed by atoms with Gasteiger partial charge in [-0.15, -0.1) is 6.42 Å². The molecular weight excluding hydrogens is 324 g/mol. The van der Waals surface area contributed by atoms with E-state index in [-0.39, 0.29) is 18.8 Å². The topological polar surface area (TPSA) is 49.7 Å². The predicted molar refractivity (Wildman–Crippen MR) is 103 cm³/mol. The third-order valence-corrected chi connectivity index (χ3v) is 5.08. The smallest absolute Gasteiger partial charge is 0.0854 e. The second-order valence-corrected chi connectivity index (χ2v) is 6.95. The van der Waals surface area contributed by atoms with Crippen molar-refractivity contribution < 1.29 is 14.9 Å². The van der Waals surface area contributed by atoms with Gasteiger partial charge in [0.15, 0.2) is 0 Å². The van der Waals surface area contributed by atoms with Gasteiger partial charge in [0.2, 0.25) is 0 Å². The third-order valence-electron chi connectivity index (χ3n) is 5.08. The number of hydrogen-bond donors (Lipinski definition) is 2. The molecule has 0 aromatic heterocycles. The number of hydrogen-bond acceptors (Lipinski definition) is 3. The van der Waals surface area contributed by atoms with Crippen molar-refractivity contribution in [3.8, 4) is 12.3 Å². The Labute approximate surface area is 155 Å². The zero-order valence-corrected chi connectivity index (χ0v) is 15.2. The molecular formula is C23H26O3. The first-order chi connectivity index (χ1) is 12.6. The minimum absolute atomic E-state index is 0.0605. The van der Waals surface area contributed by atoms with Crippen LogP contribution in [0, 0.1) is 12.3 Å². The molecule has 3 nitrogen and oxygen atoms in total. The molecule has 3 heteroatoms. The monoisotopic (exact) mass is 350 g/mol. The molecule has 26 heavy (non-hydrogen) atoms. The van der Waals surface area contributed by atoms with Crippen molar-refractivity contribution in [2.45, 2.75) is 50.9 Å². The number of terminal acetylenes is 1. The Kier molecular flexibility index (Phi) is 6.11. The van der Waals surface area contributed by atoms with Crippen molar-refractivity contribution in [2.75, 3.05) is 6.61 Å². The lowest BCUT2D eigenvalue weighted by Crippen LogP contribution is -2.33. The number of aryl methyl sites for hydroxylation is 1. The molecule has 0 saturated carbocycles. The molecule has 3 unspecified atom stereocenters. The second kappa shape index (κ2) is 8.51. The molecule has 3 atom stereocenters. The molecule has 1 aliphatic rings. The SMILES string of the molecule is C#Cc1ccc(Cc2cc(C3CC(O)CC(CO)O3)ccc2CC)cc1. The first kappa shape index (κ1) is 18.7. The Hall–Kier alpha value is -2.12. The second-order valence-electron chi connectivity index (χ2n) is 6.95. The van der Waals surface area contributed by atoms with Gasteiger partial charge in [0, 0.05) is 18.4 Å². The summed E-state index contributed by atoms with van der Waals surface area (Å²) in [7, 11) is 0. The molecule has 1 fully saturated rings. The lowest BCUT2D eigenvalue weighted by molar-refractivity contribution is -0.113. The zero-order chi connectivity index (χ0) is 18.5. The Morgan fingerprint density at radius 2 is 1.88 bits per heavy atom. The molecule has 0 amide bonds. The summed E-state index contributed by atoms with van der Waals surface area (Å²) in [6.07, 6.45) is 7.38. The Morgan fingerprint density at radius 1 is 1.12 bits per heavy atom. The van der Waals surface area contributed by atoms with Gasteiger partial charge in [-0.1, -0.05) is 43.2 Å². The van der Waals surface area contributed by atoms with Gasteiger partial charge in [-0.05, 0) is 47.2 Å². The average molecular weight is 350 g/mol. The molecule has 0 radical (unpaired) electrons. The van der Waals surface area contributed by atoms with E-state index in [1.165, 1.54) is 16.7 Å². The molecule has 136 valence electrons. The fraction of sp³-hybridized carbons (Fsp3) is 0.391. The highest BCUT2D eigenvalue weighted by atomic mass is 16.5. The minimum atomic E-state index is -0.434. The van der Waals surface area contributed by atoms with Crippen LogP contribution in [0.3, 0.4) is 0 Å². The molecule has 2 N–H and O–H groups in total. The molecule has 2 aromatic carbocycles. The molecule has 3 rings (SSSR count). The highest BCUT2D eigenvalue weighted by Gasteiger charge is 2.29. The molecule has 0 bridgehead atoms. The fourth-order valence-corrected chi connectivity index (χ4v) is 3.62. The van der Waals surface area contributed by atoms with Crippen LogP contribution in [0.1, 0.15) is 53.7 Å². The van der Waals surface area contributed by atoms with Crippen molar-refractivity contribution >= 4 is 0 Å². The van der Waals surface area contributed by atoms with Gasteiger partial charge >= 0.3 is 0 Å². The predicted octanol–water partition coefficient (Wildman–Crippen LogP) is 3.39. The minimum Gasteiger partial charge on any atom is -0.394 e. The van der Waals surface area contributed by atoms with Crippen LogP contribution in [0.2, 0.25) is 0 Å². The lowest BCUT2D eigenvalue weighted by Gasteiger charge is -2.33. The van der Waals surface area contributed by atoms with E-state index in [0.717, 1.165) is 24.0 Å². The van der Waals surface area contributed by atoms with E-state index >= 15 is 0 Å². The van der Waals surface area contributed by atoms with Crippen molar-refractivity contribution in [1.82, 2.24) is 0 Å². The summed E-state index contributed by atoms with van der Waals surface area (Å²) in [5, 5.41) is 19.5. The van der Waals surface area contributed by atoms with E-state index in [1.54, 1.807) is 0 Å². The maximum atomic E-state index is 10.1. The maximum Gasteiger partial charge on any atom is 0.0854 e. The maximum absolute atomic E-state index is 10.1. The number of aliphatic hydroxyl groups excluding tert-OH is 2. The summed E-state index contributed by atoms with van der Waals surface area (Å²) in [6.45, 7) is 2.09. The number of benzene rings is 2. The van der Waals surface area contributed by atoms with Crippen molar-refractivity contribution in [3.63, 3.8) is 0 Å². The third kappa shape index (κ3) is 4.34. The van der Waals surface area contributed by atoms with Crippen LogP contribution in [0.5, 0.6) is 0 Å². The standard InChI is InChI=1S/C23H26O3/c1-3-16-5-7-17(8-6-16)11-20-12-19(10-9-18(20)4-2)23-14-21(25)13-22(15-24)26-23/h1,5-10,12,21-25H,4,11,13-15H2,2H3. The summed E-state index contributed by atoms with van der Waals surface area (Å²) >= 11 is 0. The van der Waals surface area contributed by atoms with Gasteiger partial charge in [0.05, 0.1) is 24.9 Å². The van der Waals surface area contributed by atoms with Crippen LogP contribution in [0.25, 0.3) is 0 Å².